The van der Waals surface area contributed by atoms with E-state index in [4.69, 9.17) is 5.41 Å². The number of thiol groups is 1. The topological polar surface area (TPSA) is 23.9 Å². The molecular formula is C6H9NS. The normalized spacial score (nSPS) is 12.5. The molecule has 2 heteroatoms. The number of hydrogen-bond donors (Lipinski definition) is 2. The molecule has 1 N–H and O–H groups in total. The van der Waals surface area contributed by atoms with Crippen molar-refractivity contribution >= 4 is 18.8 Å². The van der Waals surface area contributed by atoms with Gasteiger partial charge in [-0.25, -0.2) is 0 Å². The molecule has 8 heavy (non-hydrogen) atoms. The SMILES string of the molecule is C/C=C\C=C(\S)C=N. The van der Waals surface area contributed by atoms with E-state index < -0.39 is 0 Å². The predicted molar refractivity (Wildman–Crippen MR) is 40.7 cm³/mol. The van der Waals surface area contributed by atoms with Crippen LogP contribution in [0.5, 0.6) is 0 Å². The highest BCUT2D eigenvalue weighted by Crippen LogP contribution is 1.93. The van der Waals surface area contributed by atoms with E-state index in [-0.39, 0.29) is 0 Å². The molecule has 0 aromatic heterocycles. The van der Waals surface area contributed by atoms with Crippen molar-refractivity contribution in [3.8, 4) is 0 Å². The van der Waals surface area contributed by atoms with E-state index >= 15 is 0 Å². The molecular weight excluding hydrogens is 118 g/mol. The Kier molecular flexibility index (Phi) is 4.36. The molecule has 0 aliphatic heterocycles. The summed E-state index contributed by atoms with van der Waals surface area (Å²) in [5, 5.41) is 6.68. The summed E-state index contributed by atoms with van der Waals surface area (Å²) in [4.78, 5) is 0.670. The summed E-state index contributed by atoms with van der Waals surface area (Å²) in [6.07, 6.45) is 6.69. The van der Waals surface area contributed by atoms with Crippen molar-refractivity contribution in [2.45, 2.75) is 6.92 Å². The number of allylic oxidation sites excluding steroid dienone is 4. The Labute approximate surface area is 55.0 Å². The van der Waals surface area contributed by atoms with Gasteiger partial charge in [0.1, 0.15) is 0 Å². The maximum Gasteiger partial charge on any atom is 0.0311 e. The van der Waals surface area contributed by atoms with Crippen molar-refractivity contribution in [3.63, 3.8) is 0 Å². The highest BCUT2D eigenvalue weighted by atomic mass is 32.1. The van der Waals surface area contributed by atoms with Gasteiger partial charge in [-0.15, -0.1) is 12.6 Å². The van der Waals surface area contributed by atoms with Gasteiger partial charge in [0.15, 0.2) is 0 Å². The average Bonchev–Trinajstić information content (AvgIpc) is 1.83. The van der Waals surface area contributed by atoms with E-state index in [0.717, 1.165) is 0 Å². The van der Waals surface area contributed by atoms with Gasteiger partial charge in [0.05, 0.1) is 0 Å². The summed E-state index contributed by atoms with van der Waals surface area (Å²) in [6, 6.07) is 0. The molecule has 0 heterocycles. The van der Waals surface area contributed by atoms with Crippen molar-refractivity contribution in [3.05, 3.63) is 23.1 Å². The average molecular weight is 127 g/mol. The van der Waals surface area contributed by atoms with Crippen LogP contribution in [0.25, 0.3) is 0 Å². The molecule has 0 saturated heterocycles. The fourth-order valence-corrected chi connectivity index (χ4v) is 0.329. The van der Waals surface area contributed by atoms with Gasteiger partial charge in [-0.2, -0.15) is 0 Å². The van der Waals surface area contributed by atoms with Crippen molar-refractivity contribution in [2.24, 2.45) is 0 Å². The van der Waals surface area contributed by atoms with Crippen molar-refractivity contribution in [1.82, 2.24) is 0 Å². The fraction of sp³-hybridized carbons (Fsp3) is 0.167. The van der Waals surface area contributed by atoms with Crippen LogP contribution in [0.3, 0.4) is 0 Å². The van der Waals surface area contributed by atoms with Gasteiger partial charge in [-0.05, 0) is 13.0 Å². The van der Waals surface area contributed by atoms with E-state index in [9.17, 15) is 0 Å². The van der Waals surface area contributed by atoms with Gasteiger partial charge < -0.3 is 5.41 Å². The summed E-state index contributed by atoms with van der Waals surface area (Å²) in [7, 11) is 0. The second kappa shape index (κ2) is 4.65. The van der Waals surface area contributed by atoms with Crippen LogP contribution in [0.4, 0.5) is 0 Å². The quantitative estimate of drug-likeness (QED) is 0.322. The molecule has 0 fully saturated rings. The lowest BCUT2D eigenvalue weighted by Crippen LogP contribution is -1.65. The highest BCUT2D eigenvalue weighted by Gasteiger charge is 1.73. The second-order valence-corrected chi connectivity index (χ2v) is 1.78. The summed E-state index contributed by atoms with van der Waals surface area (Å²) in [5.74, 6) is 0. The largest absolute Gasteiger partial charge is 0.308 e. The molecule has 0 bridgehead atoms. The first-order valence-electron chi connectivity index (χ1n) is 2.33. The maximum atomic E-state index is 6.68. The first-order valence-corrected chi connectivity index (χ1v) is 2.78. The number of nitrogens with one attached hydrogen (secondary N) is 1. The smallest absolute Gasteiger partial charge is 0.0311 e. The molecule has 0 aromatic rings. The molecule has 0 saturated carbocycles. The fourth-order valence-electron chi connectivity index (χ4n) is 0.243. The Morgan fingerprint density at radius 1 is 1.62 bits per heavy atom. The molecule has 1 nitrogen and oxygen atoms in total. The second-order valence-electron chi connectivity index (χ2n) is 1.26. The molecule has 0 aliphatic carbocycles. The number of rotatable bonds is 2. The Morgan fingerprint density at radius 3 is 2.62 bits per heavy atom. The lowest BCUT2D eigenvalue weighted by atomic mass is 10.4. The molecule has 0 aromatic carbocycles. The van der Waals surface area contributed by atoms with Crippen LogP contribution in [0.1, 0.15) is 6.92 Å². The van der Waals surface area contributed by atoms with E-state index in [2.05, 4.69) is 12.6 Å². The van der Waals surface area contributed by atoms with Crippen LogP contribution >= 0.6 is 12.6 Å². The lowest BCUT2D eigenvalue weighted by Gasteiger charge is -1.79. The van der Waals surface area contributed by atoms with Crippen molar-refractivity contribution < 1.29 is 0 Å². The highest BCUT2D eigenvalue weighted by molar-refractivity contribution is 7.85. The van der Waals surface area contributed by atoms with Crippen LogP contribution in [-0.4, -0.2) is 6.21 Å². The molecule has 44 valence electrons. The molecule has 0 spiro atoms. The zero-order chi connectivity index (χ0) is 6.41. The van der Waals surface area contributed by atoms with Crippen molar-refractivity contribution in [1.29, 1.82) is 5.41 Å². The van der Waals surface area contributed by atoms with Gasteiger partial charge in [0.25, 0.3) is 0 Å². The minimum Gasteiger partial charge on any atom is -0.308 e. The minimum atomic E-state index is 0.670. The van der Waals surface area contributed by atoms with Gasteiger partial charge in [-0.1, -0.05) is 12.2 Å². The standard InChI is InChI=1S/C6H9NS/c1-2-3-4-6(8)5-7/h2-5,7-8H,1H3/b3-2-,6-4+,7-5?. The Morgan fingerprint density at radius 2 is 2.25 bits per heavy atom. The van der Waals surface area contributed by atoms with E-state index in [0.29, 0.717) is 4.91 Å². The third kappa shape index (κ3) is 3.68. The molecule has 0 atom stereocenters. The van der Waals surface area contributed by atoms with E-state index in [1.54, 1.807) is 6.08 Å². The molecule has 0 amide bonds. The predicted octanol–water partition coefficient (Wildman–Crippen LogP) is 2.03. The number of hydrogen-bond acceptors (Lipinski definition) is 2. The van der Waals surface area contributed by atoms with Gasteiger partial charge >= 0.3 is 0 Å². The van der Waals surface area contributed by atoms with Crippen LogP contribution in [0.15, 0.2) is 23.1 Å². The summed E-state index contributed by atoms with van der Waals surface area (Å²) >= 11 is 3.93. The van der Waals surface area contributed by atoms with Crippen molar-refractivity contribution in [2.75, 3.05) is 0 Å². The first kappa shape index (κ1) is 7.50. The zero-order valence-corrected chi connectivity index (χ0v) is 5.65. The maximum absolute atomic E-state index is 6.68. The minimum absolute atomic E-state index is 0.670. The van der Waals surface area contributed by atoms with E-state index in [1.807, 2.05) is 19.1 Å². The third-order valence-corrected chi connectivity index (χ3v) is 0.885. The first-order chi connectivity index (χ1) is 3.81. The molecule has 0 rings (SSSR count). The van der Waals surface area contributed by atoms with E-state index in [1.165, 1.54) is 6.21 Å². The summed E-state index contributed by atoms with van der Waals surface area (Å²) < 4.78 is 0. The Hall–Kier alpha value is -0.500. The van der Waals surface area contributed by atoms with Gasteiger partial charge in [0, 0.05) is 11.1 Å². The zero-order valence-electron chi connectivity index (χ0n) is 4.76. The Bertz CT molecular complexity index is 124. The Balaban J connectivity index is 3.74. The third-order valence-electron chi connectivity index (χ3n) is 0.607. The van der Waals surface area contributed by atoms with Crippen LogP contribution < -0.4 is 0 Å². The summed E-state index contributed by atoms with van der Waals surface area (Å²) in [5.41, 5.74) is 0. The molecule has 0 unspecified atom stereocenters. The molecule has 0 aliphatic rings. The molecule has 0 radical (unpaired) electrons. The van der Waals surface area contributed by atoms with Crippen LogP contribution in [0.2, 0.25) is 0 Å². The lowest BCUT2D eigenvalue weighted by molar-refractivity contribution is 1.57. The van der Waals surface area contributed by atoms with Crippen LogP contribution in [-0.2, 0) is 0 Å². The van der Waals surface area contributed by atoms with Gasteiger partial charge in [-0.3, -0.25) is 0 Å². The summed E-state index contributed by atoms with van der Waals surface area (Å²) in [6.45, 7) is 1.92. The monoisotopic (exact) mass is 127 g/mol. The van der Waals surface area contributed by atoms with Gasteiger partial charge in [0.2, 0.25) is 0 Å². The van der Waals surface area contributed by atoms with Crippen LogP contribution in [0, 0.1) is 5.41 Å².